The summed E-state index contributed by atoms with van der Waals surface area (Å²) in [6, 6.07) is 8.15. The molecule has 1 aromatic rings. The molecule has 0 radical (unpaired) electrons. The molecule has 0 spiro atoms. The molecule has 1 aliphatic rings. The van der Waals surface area contributed by atoms with Crippen LogP contribution in [0.1, 0.15) is 12.8 Å². The van der Waals surface area contributed by atoms with Gasteiger partial charge in [-0.05, 0) is 18.6 Å². The fourth-order valence-electron chi connectivity index (χ4n) is 2.46. The molecule has 0 N–H and O–H groups in total. The Hall–Kier alpha value is -1.54. The molecule has 1 saturated heterocycles. The van der Waals surface area contributed by atoms with Crippen LogP contribution in [-0.4, -0.2) is 62.1 Å². The van der Waals surface area contributed by atoms with E-state index < -0.39 is 9.84 Å². The molecule has 2 rings (SSSR count). The minimum atomic E-state index is -3.44. The van der Waals surface area contributed by atoms with Gasteiger partial charge in [-0.1, -0.05) is 18.2 Å². The fourth-order valence-corrected chi connectivity index (χ4v) is 4.76. The summed E-state index contributed by atoms with van der Waals surface area (Å²) in [7, 11) is -2.09. The number of rotatable bonds is 7. The van der Waals surface area contributed by atoms with Crippen LogP contribution in [0.15, 0.2) is 35.2 Å². The number of carbonyl (C=O) groups is 2. The molecule has 0 saturated carbocycles. The zero-order valence-corrected chi connectivity index (χ0v) is 15.1. The highest BCUT2D eigenvalue weighted by atomic mass is 32.2. The van der Waals surface area contributed by atoms with E-state index in [0.717, 1.165) is 6.42 Å². The fraction of sp³-hybridized carbons (Fsp3) is 0.500. The van der Waals surface area contributed by atoms with Crippen LogP contribution in [-0.2, 0) is 24.2 Å². The number of hydrogen-bond acceptors (Lipinski definition) is 6. The largest absolute Gasteiger partial charge is 0.468 e. The Morgan fingerprint density at radius 3 is 2.67 bits per heavy atom. The molecule has 132 valence electrons. The minimum Gasteiger partial charge on any atom is -0.468 e. The number of carbonyl (C=O) groups excluding carboxylic acids is 2. The van der Waals surface area contributed by atoms with Crippen molar-refractivity contribution < 1.29 is 22.7 Å². The van der Waals surface area contributed by atoms with Gasteiger partial charge in [0.15, 0.2) is 9.84 Å². The van der Waals surface area contributed by atoms with E-state index in [1.165, 1.54) is 31.0 Å². The van der Waals surface area contributed by atoms with Crippen LogP contribution in [0, 0.1) is 0 Å². The Morgan fingerprint density at radius 1 is 1.29 bits per heavy atom. The summed E-state index contributed by atoms with van der Waals surface area (Å²) in [6.45, 7) is 1.15. The van der Waals surface area contributed by atoms with Crippen LogP contribution in [0.2, 0.25) is 0 Å². The van der Waals surface area contributed by atoms with Gasteiger partial charge in [0.2, 0.25) is 5.91 Å². The molecule has 1 atom stereocenters. The van der Waals surface area contributed by atoms with Crippen molar-refractivity contribution in [3.05, 3.63) is 30.3 Å². The number of hydrogen-bond donors (Lipinski definition) is 0. The smallest absolute Gasteiger partial charge is 0.315 e. The van der Waals surface area contributed by atoms with E-state index in [9.17, 15) is 18.0 Å². The van der Waals surface area contributed by atoms with E-state index >= 15 is 0 Å². The number of methoxy groups -OCH3 is 1. The first-order valence-electron chi connectivity index (χ1n) is 7.66. The van der Waals surface area contributed by atoms with Gasteiger partial charge in [-0.15, -0.1) is 11.8 Å². The normalized spacial score (nSPS) is 17.7. The molecule has 0 aliphatic carbocycles. The van der Waals surface area contributed by atoms with Crippen molar-refractivity contribution in [1.29, 1.82) is 0 Å². The predicted molar refractivity (Wildman–Crippen MR) is 92.6 cm³/mol. The highest BCUT2D eigenvalue weighted by molar-refractivity contribution is 8.00. The number of benzene rings is 1. The molecule has 24 heavy (non-hydrogen) atoms. The number of ether oxygens (including phenoxy) is 1. The monoisotopic (exact) mass is 371 g/mol. The van der Waals surface area contributed by atoms with E-state index in [-0.39, 0.29) is 39.9 Å². The van der Waals surface area contributed by atoms with Crippen molar-refractivity contribution in [3.8, 4) is 0 Å². The summed E-state index contributed by atoms with van der Waals surface area (Å²) in [6.07, 6.45) is 0.782. The zero-order chi connectivity index (χ0) is 17.6. The molecule has 1 heterocycles. The summed E-state index contributed by atoms with van der Waals surface area (Å²) < 4.78 is 29.0. The van der Waals surface area contributed by atoms with Gasteiger partial charge >= 0.3 is 5.97 Å². The number of amides is 1. The number of sulfone groups is 1. The summed E-state index contributed by atoms with van der Waals surface area (Å²) in [5.74, 6) is -0.354. The summed E-state index contributed by atoms with van der Waals surface area (Å²) in [5.41, 5.74) is 0. The summed E-state index contributed by atoms with van der Waals surface area (Å²) in [4.78, 5) is 25.3. The second-order valence-corrected chi connectivity index (χ2v) is 8.92. The molecular weight excluding hydrogens is 350 g/mol. The van der Waals surface area contributed by atoms with Crippen molar-refractivity contribution in [3.63, 3.8) is 0 Å². The van der Waals surface area contributed by atoms with Crippen molar-refractivity contribution in [2.24, 2.45) is 0 Å². The van der Waals surface area contributed by atoms with Gasteiger partial charge in [-0.3, -0.25) is 9.59 Å². The van der Waals surface area contributed by atoms with Gasteiger partial charge in [0.05, 0.1) is 23.5 Å². The van der Waals surface area contributed by atoms with Crippen molar-refractivity contribution in [2.75, 3.05) is 31.7 Å². The lowest BCUT2D eigenvalue weighted by Gasteiger charge is -2.16. The first-order chi connectivity index (χ1) is 11.4. The highest BCUT2D eigenvalue weighted by Gasteiger charge is 2.28. The third-order valence-corrected chi connectivity index (χ3v) is 6.84. The van der Waals surface area contributed by atoms with E-state index in [0.29, 0.717) is 13.1 Å². The second kappa shape index (κ2) is 8.53. The molecule has 1 amide bonds. The standard InChI is InChI=1S/C16H21NO5S2/c1-22-16(19)12-23-13-7-9-17(11-13)15(18)8-10-24(20,21)14-5-3-2-4-6-14/h2-6,13H,7-12H2,1H3. The van der Waals surface area contributed by atoms with E-state index in [1.807, 2.05) is 0 Å². The van der Waals surface area contributed by atoms with Crippen LogP contribution in [0.4, 0.5) is 0 Å². The maximum absolute atomic E-state index is 12.2. The average molecular weight is 371 g/mol. The molecule has 1 aromatic carbocycles. The Kier molecular flexibility index (Phi) is 6.68. The molecule has 0 bridgehead atoms. The lowest BCUT2D eigenvalue weighted by Crippen LogP contribution is -2.30. The van der Waals surface area contributed by atoms with E-state index in [4.69, 9.17) is 0 Å². The molecule has 1 unspecified atom stereocenters. The van der Waals surface area contributed by atoms with Gasteiger partial charge in [-0.2, -0.15) is 0 Å². The Morgan fingerprint density at radius 2 is 2.00 bits per heavy atom. The Labute approximate surface area is 146 Å². The molecule has 8 heteroatoms. The number of thioether (sulfide) groups is 1. The quantitative estimate of drug-likeness (QED) is 0.673. The van der Waals surface area contributed by atoms with E-state index in [1.54, 1.807) is 23.1 Å². The van der Waals surface area contributed by atoms with Crippen molar-refractivity contribution in [2.45, 2.75) is 23.0 Å². The van der Waals surface area contributed by atoms with Gasteiger partial charge in [0.25, 0.3) is 0 Å². The van der Waals surface area contributed by atoms with Gasteiger partial charge in [0.1, 0.15) is 0 Å². The van der Waals surface area contributed by atoms with Crippen molar-refractivity contribution >= 4 is 33.5 Å². The molecule has 1 fully saturated rings. The van der Waals surface area contributed by atoms with Crippen LogP contribution in [0.5, 0.6) is 0 Å². The lowest BCUT2D eigenvalue weighted by molar-refractivity contribution is -0.137. The topological polar surface area (TPSA) is 80.8 Å². The van der Waals surface area contributed by atoms with Crippen LogP contribution in [0.3, 0.4) is 0 Å². The number of nitrogens with zero attached hydrogens (tertiary/aromatic N) is 1. The summed E-state index contributed by atoms with van der Waals surface area (Å²) in [5, 5.41) is 0.193. The first kappa shape index (κ1) is 18.8. The van der Waals surface area contributed by atoms with Gasteiger partial charge < -0.3 is 9.64 Å². The third-order valence-electron chi connectivity index (χ3n) is 3.85. The third kappa shape index (κ3) is 5.24. The molecular formula is C16H21NO5S2. The predicted octanol–water partition coefficient (Wildman–Crippen LogP) is 1.36. The van der Waals surface area contributed by atoms with Crippen molar-refractivity contribution in [1.82, 2.24) is 4.90 Å². The number of esters is 1. The molecule has 0 aromatic heterocycles. The maximum atomic E-state index is 12.2. The van der Waals surface area contributed by atoms with E-state index in [2.05, 4.69) is 4.74 Å². The second-order valence-electron chi connectivity index (χ2n) is 5.52. The zero-order valence-electron chi connectivity index (χ0n) is 13.5. The van der Waals surface area contributed by atoms with Crippen LogP contribution >= 0.6 is 11.8 Å². The van der Waals surface area contributed by atoms with Crippen LogP contribution in [0.25, 0.3) is 0 Å². The Balaban J connectivity index is 1.80. The first-order valence-corrected chi connectivity index (χ1v) is 10.4. The van der Waals surface area contributed by atoms with Crippen LogP contribution < -0.4 is 0 Å². The average Bonchev–Trinajstić information content (AvgIpc) is 3.07. The van der Waals surface area contributed by atoms with Gasteiger partial charge in [0, 0.05) is 24.8 Å². The lowest BCUT2D eigenvalue weighted by atomic mass is 10.4. The SMILES string of the molecule is COC(=O)CSC1CCN(C(=O)CCS(=O)(=O)c2ccccc2)C1. The van der Waals surface area contributed by atoms with Gasteiger partial charge in [-0.25, -0.2) is 8.42 Å². The minimum absolute atomic E-state index is 0.0222. The maximum Gasteiger partial charge on any atom is 0.315 e. The summed E-state index contributed by atoms with van der Waals surface area (Å²) >= 11 is 1.47. The molecule has 6 nitrogen and oxygen atoms in total. The Bertz CT molecular complexity index is 675. The molecule has 1 aliphatic heterocycles. The number of likely N-dealkylation sites (tertiary alicyclic amines) is 1. The highest BCUT2D eigenvalue weighted by Crippen LogP contribution is 2.23.